The average Bonchev–Trinajstić information content (AvgIpc) is 2.40. The van der Waals surface area contributed by atoms with Gasteiger partial charge in [-0.05, 0) is 47.6 Å². The number of hydrogen-bond acceptors (Lipinski definition) is 5. The molecule has 152 valence electrons. The molecule has 0 fully saturated rings. The number of alkyl halides is 3. The van der Waals surface area contributed by atoms with Crippen LogP contribution in [0.15, 0.2) is 12.3 Å². The lowest BCUT2D eigenvalue weighted by Gasteiger charge is -2.28. The molecule has 0 saturated heterocycles. The van der Waals surface area contributed by atoms with E-state index in [-0.39, 0.29) is 12.3 Å². The standard InChI is InChI=1S/C16H21F4N3O4/c1-14(2,3)26-12(24)22-23(13(25)27-15(4,5)6)11-7-9(16(18,19)20)10(17)8-21-11/h7-8H,1-6H3,(H,22,24). The van der Waals surface area contributed by atoms with Crippen molar-refractivity contribution in [2.45, 2.75) is 58.9 Å². The number of nitrogens with one attached hydrogen (secondary N) is 1. The summed E-state index contributed by atoms with van der Waals surface area (Å²) in [5, 5.41) is 0.313. The summed E-state index contributed by atoms with van der Waals surface area (Å²) in [6, 6.07) is 0.274. The average molecular weight is 395 g/mol. The van der Waals surface area contributed by atoms with Crippen molar-refractivity contribution in [1.29, 1.82) is 0 Å². The summed E-state index contributed by atoms with van der Waals surface area (Å²) in [7, 11) is 0. The zero-order chi connectivity index (χ0) is 21.2. The normalized spacial score (nSPS) is 12.4. The highest BCUT2D eigenvalue weighted by molar-refractivity contribution is 5.89. The van der Waals surface area contributed by atoms with E-state index in [0.717, 1.165) is 0 Å². The van der Waals surface area contributed by atoms with Crippen LogP contribution in [-0.4, -0.2) is 28.4 Å². The van der Waals surface area contributed by atoms with Crippen molar-refractivity contribution in [3.05, 3.63) is 23.6 Å². The predicted octanol–water partition coefficient (Wildman–Crippen LogP) is 4.42. The highest BCUT2D eigenvalue weighted by Gasteiger charge is 2.36. The summed E-state index contributed by atoms with van der Waals surface area (Å²) < 4.78 is 62.3. The number of hydrogen-bond donors (Lipinski definition) is 1. The molecule has 1 rings (SSSR count). The number of ether oxygens (including phenoxy) is 2. The number of rotatable bonds is 1. The molecule has 0 unspecified atom stereocenters. The Hall–Kier alpha value is -2.59. The molecule has 0 aliphatic heterocycles. The molecule has 0 aromatic carbocycles. The van der Waals surface area contributed by atoms with Crippen LogP contribution in [0.2, 0.25) is 0 Å². The van der Waals surface area contributed by atoms with Crippen LogP contribution >= 0.6 is 0 Å². The van der Waals surface area contributed by atoms with Gasteiger partial charge in [0.15, 0.2) is 11.6 Å². The Morgan fingerprint density at radius 3 is 2.00 bits per heavy atom. The van der Waals surface area contributed by atoms with E-state index in [1.165, 1.54) is 20.8 Å². The second-order valence-corrected chi connectivity index (χ2v) is 7.45. The number of carbonyl (C=O) groups excluding carboxylic acids is 2. The molecule has 0 radical (unpaired) electrons. The number of hydrazine groups is 1. The summed E-state index contributed by atoms with van der Waals surface area (Å²) in [6.45, 7) is 9.16. The SMILES string of the molecule is CC(C)(C)OC(=O)NN(C(=O)OC(C)(C)C)c1cc(C(F)(F)F)c(F)cn1. The first-order chi connectivity index (χ1) is 12.0. The molecule has 0 bridgehead atoms. The smallest absolute Gasteiger partial charge is 0.435 e. The van der Waals surface area contributed by atoms with E-state index in [1.807, 2.05) is 5.43 Å². The lowest BCUT2D eigenvalue weighted by atomic mass is 10.2. The van der Waals surface area contributed by atoms with Gasteiger partial charge in [-0.15, -0.1) is 0 Å². The van der Waals surface area contributed by atoms with E-state index in [0.29, 0.717) is 5.01 Å². The van der Waals surface area contributed by atoms with Crippen molar-refractivity contribution < 1.29 is 36.6 Å². The van der Waals surface area contributed by atoms with E-state index in [9.17, 15) is 27.2 Å². The molecule has 1 aromatic heterocycles. The van der Waals surface area contributed by atoms with Crippen LogP contribution in [0.5, 0.6) is 0 Å². The van der Waals surface area contributed by atoms with E-state index >= 15 is 0 Å². The van der Waals surface area contributed by atoms with Crippen molar-refractivity contribution in [3.8, 4) is 0 Å². The number of pyridine rings is 1. The van der Waals surface area contributed by atoms with Crippen molar-refractivity contribution >= 4 is 18.0 Å². The zero-order valence-corrected chi connectivity index (χ0v) is 15.7. The second-order valence-electron chi connectivity index (χ2n) is 7.45. The molecule has 0 aliphatic carbocycles. The number of anilines is 1. The van der Waals surface area contributed by atoms with Gasteiger partial charge in [-0.25, -0.2) is 24.4 Å². The van der Waals surface area contributed by atoms with Gasteiger partial charge in [-0.3, -0.25) is 0 Å². The lowest BCUT2D eigenvalue weighted by molar-refractivity contribution is -0.140. The Bertz CT molecular complexity index is 709. The molecule has 1 aromatic rings. The van der Waals surface area contributed by atoms with Crippen molar-refractivity contribution in [2.24, 2.45) is 0 Å². The highest BCUT2D eigenvalue weighted by atomic mass is 19.4. The quantitative estimate of drug-likeness (QED) is 0.562. The number of amides is 2. The maximum absolute atomic E-state index is 13.5. The minimum absolute atomic E-state index is 0.274. The van der Waals surface area contributed by atoms with Gasteiger partial charge in [0.2, 0.25) is 0 Å². The van der Waals surface area contributed by atoms with Gasteiger partial charge >= 0.3 is 18.4 Å². The number of nitrogens with zero attached hydrogens (tertiary/aromatic N) is 2. The zero-order valence-electron chi connectivity index (χ0n) is 15.7. The summed E-state index contributed by atoms with van der Waals surface area (Å²) in [6.07, 6.45) is -7.13. The molecular formula is C16H21F4N3O4. The first kappa shape index (κ1) is 22.5. The number of carbonyl (C=O) groups is 2. The highest BCUT2D eigenvalue weighted by Crippen LogP contribution is 2.33. The lowest BCUT2D eigenvalue weighted by Crippen LogP contribution is -2.50. The summed E-state index contributed by atoms with van der Waals surface area (Å²) in [5.41, 5.74) is -1.68. The van der Waals surface area contributed by atoms with Gasteiger partial charge in [0.1, 0.15) is 11.2 Å². The second kappa shape index (κ2) is 7.57. The van der Waals surface area contributed by atoms with E-state index in [4.69, 9.17) is 9.47 Å². The van der Waals surface area contributed by atoms with Gasteiger partial charge in [0.25, 0.3) is 0 Å². The van der Waals surface area contributed by atoms with E-state index in [1.54, 1.807) is 20.8 Å². The molecule has 7 nitrogen and oxygen atoms in total. The van der Waals surface area contributed by atoms with Crippen molar-refractivity contribution in [3.63, 3.8) is 0 Å². The molecule has 11 heteroatoms. The van der Waals surface area contributed by atoms with Gasteiger partial charge < -0.3 is 9.47 Å². The Labute approximate surface area is 153 Å². The Morgan fingerprint density at radius 2 is 1.56 bits per heavy atom. The largest absolute Gasteiger partial charge is 0.443 e. The maximum atomic E-state index is 13.5. The van der Waals surface area contributed by atoms with Crippen LogP contribution < -0.4 is 10.4 Å². The van der Waals surface area contributed by atoms with E-state index in [2.05, 4.69) is 4.98 Å². The minimum Gasteiger partial charge on any atom is -0.443 e. The number of aromatic nitrogens is 1. The predicted molar refractivity (Wildman–Crippen MR) is 87.3 cm³/mol. The van der Waals surface area contributed by atoms with Crippen LogP contribution in [0, 0.1) is 5.82 Å². The monoisotopic (exact) mass is 395 g/mol. The Morgan fingerprint density at radius 1 is 1.04 bits per heavy atom. The summed E-state index contributed by atoms with van der Waals surface area (Å²) in [4.78, 5) is 27.7. The first-order valence-electron chi connectivity index (χ1n) is 7.75. The van der Waals surface area contributed by atoms with Crippen LogP contribution in [0.1, 0.15) is 47.1 Å². The topological polar surface area (TPSA) is 80.8 Å². The summed E-state index contributed by atoms with van der Waals surface area (Å²) >= 11 is 0. The molecular weight excluding hydrogens is 374 g/mol. The third kappa shape index (κ3) is 7.27. The van der Waals surface area contributed by atoms with Crippen LogP contribution in [0.3, 0.4) is 0 Å². The van der Waals surface area contributed by atoms with Crippen LogP contribution in [0.25, 0.3) is 0 Å². The molecule has 0 saturated carbocycles. The summed E-state index contributed by atoms with van der Waals surface area (Å²) in [5.74, 6) is -2.34. The molecule has 2 amide bonds. The first-order valence-corrected chi connectivity index (χ1v) is 7.75. The molecule has 0 atom stereocenters. The molecule has 1 N–H and O–H groups in total. The third-order valence-electron chi connectivity index (χ3n) is 2.55. The van der Waals surface area contributed by atoms with Gasteiger partial charge in [0, 0.05) is 0 Å². The molecule has 27 heavy (non-hydrogen) atoms. The number of halogens is 4. The Balaban J connectivity index is 3.29. The van der Waals surface area contributed by atoms with Crippen LogP contribution in [0.4, 0.5) is 33.0 Å². The van der Waals surface area contributed by atoms with Gasteiger partial charge in [-0.1, -0.05) is 0 Å². The minimum atomic E-state index is -5.03. The fourth-order valence-electron chi connectivity index (χ4n) is 1.66. The van der Waals surface area contributed by atoms with Crippen molar-refractivity contribution in [1.82, 2.24) is 10.4 Å². The van der Waals surface area contributed by atoms with Crippen LogP contribution in [-0.2, 0) is 15.7 Å². The molecule has 0 aliphatic rings. The van der Waals surface area contributed by atoms with Gasteiger partial charge in [-0.2, -0.15) is 18.2 Å². The maximum Gasteiger partial charge on any atom is 0.435 e. The molecule has 0 spiro atoms. The fraction of sp³-hybridized carbons (Fsp3) is 0.562. The van der Waals surface area contributed by atoms with E-state index < -0.39 is 46.8 Å². The molecule has 1 heterocycles. The van der Waals surface area contributed by atoms with Crippen molar-refractivity contribution in [2.75, 3.05) is 5.01 Å². The Kier molecular flexibility index (Phi) is 6.29. The fourth-order valence-corrected chi connectivity index (χ4v) is 1.66. The van der Waals surface area contributed by atoms with Gasteiger partial charge in [0.05, 0.1) is 11.8 Å². The third-order valence-corrected chi connectivity index (χ3v) is 2.55.